The van der Waals surface area contributed by atoms with Gasteiger partial charge in [0.25, 0.3) is 5.56 Å². The quantitative estimate of drug-likeness (QED) is 0.262. The summed E-state index contributed by atoms with van der Waals surface area (Å²) < 4.78 is 12.2. The van der Waals surface area contributed by atoms with Gasteiger partial charge in [0, 0.05) is 34.5 Å². The lowest BCUT2D eigenvalue weighted by Gasteiger charge is -2.24. The molecular formula is C27H25NO7. The summed E-state index contributed by atoms with van der Waals surface area (Å²) in [5.41, 5.74) is 2.21. The topological polar surface area (TPSA) is 119 Å². The second kappa shape index (κ2) is 8.30. The highest BCUT2D eigenvalue weighted by Gasteiger charge is 2.31. The third-order valence-corrected chi connectivity index (χ3v) is 7.11. The Balaban J connectivity index is 1.90. The number of fused-ring (bicyclic) bond motifs is 1. The van der Waals surface area contributed by atoms with E-state index in [0.29, 0.717) is 23.1 Å². The maximum atomic E-state index is 13.8. The van der Waals surface area contributed by atoms with Crippen molar-refractivity contribution in [3.63, 3.8) is 0 Å². The number of rotatable bonds is 4. The largest absolute Gasteiger partial charge is 0.504 e. The highest BCUT2D eigenvalue weighted by molar-refractivity contribution is 5.90. The van der Waals surface area contributed by atoms with E-state index < -0.39 is 29.0 Å². The first-order chi connectivity index (χ1) is 16.7. The molecule has 0 aliphatic carbocycles. The van der Waals surface area contributed by atoms with Gasteiger partial charge in [0.2, 0.25) is 0 Å². The summed E-state index contributed by atoms with van der Waals surface area (Å²) in [5.74, 6) is -2.65. The number of aromatic hydroxyl groups is 2. The molecule has 1 unspecified atom stereocenters. The molecule has 0 spiro atoms. The zero-order chi connectivity index (χ0) is 25.0. The van der Waals surface area contributed by atoms with Crippen LogP contribution in [0.5, 0.6) is 11.5 Å². The number of phenols is 2. The fourth-order valence-corrected chi connectivity index (χ4v) is 5.15. The molecule has 1 aliphatic heterocycles. The van der Waals surface area contributed by atoms with E-state index >= 15 is 0 Å². The van der Waals surface area contributed by atoms with Crippen LogP contribution in [0.4, 0.5) is 0 Å². The Morgan fingerprint density at radius 2 is 1.94 bits per heavy atom. The summed E-state index contributed by atoms with van der Waals surface area (Å²) in [5, 5.41) is 22.8. The molecule has 0 radical (unpaired) electrons. The monoisotopic (exact) mass is 475 g/mol. The zero-order valence-electron chi connectivity index (χ0n) is 19.7. The number of benzene rings is 2. The van der Waals surface area contributed by atoms with Crippen LogP contribution in [-0.2, 0) is 22.5 Å². The van der Waals surface area contributed by atoms with Gasteiger partial charge in [0.05, 0.1) is 19.0 Å². The number of para-hydroxylation sites is 1. The molecule has 5 rings (SSSR count). The molecule has 8 nitrogen and oxygen atoms in total. The average molecular weight is 475 g/mol. The third-order valence-electron chi connectivity index (χ3n) is 7.11. The Morgan fingerprint density at radius 3 is 2.69 bits per heavy atom. The minimum atomic E-state index is -1.03. The van der Waals surface area contributed by atoms with Crippen LogP contribution in [0.15, 0.2) is 44.3 Å². The van der Waals surface area contributed by atoms with Gasteiger partial charge >= 0.3 is 11.6 Å². The number of nitrogens with zero attached hydrogens (tertiary/aromatic N) is 1. The second-order valence-corrected chi connectivity index (χ2v) is 9.02. The lowest BCUT2D eigenvalue weighted by molar-refractivity contribution is -0.140. The molecule has 0 fully saturated rings. The Morgan fingerprint density at radius 1 is 1.17 bits per heavy atom. The molecule has 4 aromatic rings. The molecule has 0 saturated carbocycles. The first-order valence-corrected chi connectivity index (χ1v) is 11.4. The van der Waals surface area contributed by atoms with E-state index in [0.717, 1.165) is 29.3 Å². The normalized spacial score (nSPS) is 13.8. The first-order valence-electron chi connectivity index (χ1n) is 11.4. The van der Waals surface area contributed by atoms with Gasteiger partial charge in [0.15, 0.2) is 11.5 Å². The lowest BCUT2D eigenvalue weighted by Crippen LogP contribution is -2.30. The number of carbonyl (C=O) groups excluding carboxylic acids is 1. The SMILES string of the molecule is COC(=O)CC(c1cc2cccc3c2n(c1=O)CCC3)c1c(O)c(O)cc2c(C)c(C)c(=O)oc12. The van der Waals surface area contributed by atoms with Crippen molar-refractivity contribution in [2.75, 3.05) is 7.11 Å². The number of methoxy groups -OCH3 is 1. The number of phenolic OH excluding ortho intramolecular Hbond substituents is 2. The maximum Gasteiger partial charge on any atom is 0.339 e. The molecule has 1 aliphatic rings. The molecule has 0 amide bonds. The number of carbonyl (C=O) groups is 1. The van der Waals surface area contributed by atoms with Crippen molar-refractivity contribution in [3.05, 3.63) is 78.9 Å². The molecule has 8 heteroatoms. The van der Waals surface area contributed by atoms with Crippen molar-refractivity contribution in [3.8, 4) is 11.5 Å². The minimum Gasteiger partial charge on any atom is -0.504 e. The lowest BCUT2D eigenvalue weighted by atomic mass is 9.85. The van der Waals surface area contributed by atoms with Gasteiger partial charge in [-0.1, -0.05) is 18.2 Å². The molecule has 0 saturated heterocycles. The maximum absolute atomic E-state index is 13.8. The van der Waals surface area contributed by atoms with E-state index in [1.807, 2.05) is 18.2 Å². The van der Waals surface area contributed by atoms with E-state index in [9.17, 15) is 24.6 Å². The molecule has 1 atom stereocenters. The van der Waals surface area contributed by atoms with Gasteiger partial charge in [-0.15, -0.1) is 0 Å². The number of pyridine rings is 1. The van der Waals surface area contributed by atoms with Gasteiger partial charge in [-0.3, -0.25) is 9.59 Å². The van der Waals surface area contributed by atoms with Crippen molar-refractivity contribution in [1.82, 2.24) is 4.57 Å². The van der Waals surface area contributed by atoms with E-state index in [1.54, 1.807) is 24.5 Å². The summed E-state index contributed by atoms with van der Waals surface area (Å²) in [6.07, 6.45) is 1.36. The van der Waals surface area contributed by atoms with Crippen LogP contribution in [0.25, 0.3) is 21.9 Å². The van der Waals surface area contributed by atoms with Gasteiger partial charge in [-0.05, 0) is 55.3 Å². The first kappa shape index (κ1) is 22.7. The van der Waals surface area contributed by atoms with E-state index in [1.165, 1.54) is 13.2 Å². The van der Waals surface area contributed by atoms with E-state index in [2.05, 4.69) is 0 Å². The van der Waals surface area contributed by atoms with Gasteiger partial charge in [0.1, 0.15) is 5.58 Å². The summed E-state index contributed by atoms with van der Waals surface area (Å²) >= 11 is 0. The summed E-state index contributed by atoms with van der Waals surface area (Å²) in [4.78, 5) is 38.9. The second-order valence-electron chi connectivity index (χ2n) is 9.02. The number of aromatic nitrogens is 1. The molecule has 3 heterocycles. The number of hydrogen-bond donors (Lipinski definition) is 2. The van der Waals surface area contributed by atoms with Crippen molar-refractivity contribution >= 4 is 27.8 Å². The van der Waals surface area contributed by atoms with E-state index in [-0.39, 0.29) is 28.7 Å². The predicted molar refractivity (Wildman–Crippen MR) is 130 cm³/mol. The number of ether oxygens (including phenoxy) is 1. The zero-order valence-corrected chi connectivity index (χ0v) is 19.7. The van der Waals surface area contributed by atoms with Gasteiger partial charge in [-0.2, -0.15) is 0 Å². The summed E-state index contributed by atoms with van der Waals surface area (Å²) in [6, 6.07) is 8.84. The fourth-order valence-electron chi connectivity index (χ4n) is 5.15. The van der Waals surface area contributed by atoms with Crippen LogP contribution in [0.1, 0.15) is 46.6 Å². The molecule has 35 heavy (non-hydrogen) atoms. The van der Waals surface area contributed by atoms with Crippen molar-refractivity contribution in [2.45, 2.75) is 45.6 Å². The standard InChI is InChI=1S/C27H25NO7/c1-13-14(2)27(33)35-25-17(13)11-20(29)24(31)22(25)18(12-21(30)34-3)19-10-16-7-4-6-15-8-5-9-28(23(15)16)26(19)32/h4,6-7,10-11,18,29,31H,5,8-9,12H2,1-3H3. The highest BCUT2D eigenvalue weighted by Crippen LogP contribution is 2.44. The number of hydrogen-bond acceptors (Lipinski definition) is 7. The fraction of sp³-hybridized carbons (Fsp3) is 0.296. The number of esters is 1. The molecule has 180 valence electrons. The molecular weight excluding hydrogens is 450 g/mol. The Bertz CT molecular complexity index is 1640. The van der Waals surface area contributed by atoms with Crippen LogP contribution in [-0.4, -0.2) is 27.9 Å². The molecule has 0 bridgehead atoms. The van der Waals surface area contributed by atoms with Crippen LogP contribution >= 0.6 is 0 Å². The Hall–Kier alpha value is -4.07. The van der Waals surface area contributed by atoms with Crippen molar-refractivity contribution in [2.24, 2.45) is 0 Å². The van der Waals surface area contributed by atoms with E-state index in [4.69, 9.17) is 9.15 Å². The van der Waals surface area contributed by atoms with Crippen molar-refractivity contribution in [1.29, 1.82) is 0 Å². The molecule has 2 N–H and O–H groups in total. The van der Waals surface area contributed by atoms with Gasteiger partial charge in [-0.25, -0.2) is 4.79 Å². The van der Waals surface area contributed by atoms with Crippen LogP contribution in [0, 0.1) is 13.8 Å². The average Bonchev–Trinajstić information content (AvgIpc) is 2.85. The Labute approximate surface area is 200 Å². The third kappa shape index (κ3) is 3.48. The molecule has 2 aromatic heterocycles. The van der Waals surface area contributed by atoms with Crippen LogP contribution < -0.4 is 11.2 Å². The van der Waals surface area contributed by atoms with Crippen LogP contribution in [0.3, 0.4) is 0 Å². The predicted octanol–water partition coefficient (Wildman–Crippen LogP) is 3.78. The highest BCUT2D eigenvalue weighted by atomic mass is 16.5. The minimum absolute atomic E-state index is 0.00168. The van der Waals surface area contributed by atoms with Crippen LogP contribution in [0.2, 0.25) is 0 Å². The smallest absolute Gasteiger partial charge is 0.339 e. The Kier molecular flexibility index (Phi) is 5.39. The van der Waals surface area contributed by atoms with Crippen molar-refractivity contribution < 1.29 is 24.2 Å². The summed E-state index contributed by atoms with van der Waals surface area (Å²) in [6.45, 7) is 3.83. The molecule has 2 aromatic carbocycles. The summed E-state index contributed by atoms with van der Waals surface area (Å²) in [7, 11) is 1.23. The number of aryl methyl sites for hydroxylation is 3. The van der Waals surface area contributed by atoms with Gasteiger partial charge < -0.3 is 23.9 Å².